The average Bonchev–Trinajstić information content (AvgIpc) is 3.05. The van der Waals surface area contributed by atoms with Crippen LogP contribution in [0.1, 0.15) is 49.6 Å². The minimum absolute atomic E-state index is 0.00810. The van der Waals surface area contributed by atoms with E-state index in [1.54, 1.807) is 6.07 Å². The molecule has 3 rings (SSSR count). The lowest BCUT2D eigenvalue weighted by atomic mass is 9.93. The van der Waals surface area contributed by atoms with E-state index in [0.29, 0.717) is 10.9 Å². The summed E-state index contributed by atoms with van der Waals surface area (Å²) in [5, 5.41) is 12.5. The summed E-state index contributed by atoms with van der Waals surface area (Å²) in [4.78, 5) is 4.18. The second-order valence-electron chi connectivity index (χ2n) is 6.91. The number of nitrogens with zero attached hydrogens (tertiary/aromatic N) is 1. The van der Waals surface area contributed by atoms with Gasteiger partial charge in [0.1, 0.15) is 0 Å². The number of para-hydroxylation sites is 1. The molecule has 0 amide bonds. The molecule has 2 aromatic rings. The molecule has 3 nitrogen and oxygen atoms in total. The lowest BCUT2D eigenvalue weighted by molar-refractivity contribution is 0.0188. The van der Waals surface area contributed by atoms with Gasteiger partial charge in [-0.05, 0) is 37.9 Å². The Morgan fingerprint density at radius 3 is 2.60 bits per heavy atom. The van der Waals surface area contributed by atoms with Crippen molar-refractivity contribution in [1.29, 1.82) is 0 Å². The second-order valence-corrected chi connectivity index (χ2v) is 7.99. The zero-order chi connectivity index (χ0) is 18.4. The summed E-state index contributed by atoms with van der Waals surface area (Å²) in [6.07, 6.45) is 0.790. The highest BCUT2D eigenvalue weighted by Gasteiger charge is 2.32. The topological polar surface area (TPSA) is 45.1 Å². The van der Waals surface area contributed by atoms with Crippen LogP contribution in [0.4, 0.5) is 13.2 Å². The molecule has 0 radical (unpaired) electrons. The van der Waals surface area contributed by atoms with Crippen LogP contribution >= 0.6 is 9.24 Å². The number of halogens is 3. The van der Waals surface area contributed by atoms with Gasteiger partial charge < -0.3 is 10.4 Å². The summed E-state index contributed by atoms with van der Waals surface area (Å²) < 4.78 is 42.6. The van der Waals surface area contributed by atoms with E-state index in [0.717, 1.165) is 26.3 Å². The lowest BCUT2D eigenvalue weighted by Crippen LogP contribution is -2.29. The zero-order valence-corrected chi connectivity index (χ0v) is 15.3. The molecule has 0 saturated carbocycles. The first-order valence-corrected chi connectivity index (χ1v) is 8.88. The molecule has 0 spiro atoms. The van der Waals surface area contributed by atoms with E-state index in [9.17, 15) is 18.3 Å². The Morgan fingerprint density at radius 2 is 2.04 bits per heavy atom. The van der Waals surface area contributed by atoms with Gasteiger partial charge in [-0.15, -0.1) is 0 Å². The van der Waals surface area contributed by atoms with Gasteiger partial charge in [0.15, 0.2) is 5.41 Å². The van der Waals surface area contributed by atoms with Crippen LogP contribution in [0.15, 0.2) is 24.3 Å². The first-order chi connectivity index (χ1) is 11.6. The predicted molar refractivity (Wildman–Crippen MR) is 95.5 cm³/mol. The number of aliphatic hydroxyl groups is 1. The van der Waals surface area contributed by atoms with Gasteiger partial charge in [-0.25, -0.2) is 18.2 Å². The molecule has 4 unspecified atom stereocenters. The van der Waals surface area contributed by atoms with Crippen LogP contribution in [0, 0.1) is 0 Å². The third kappa shape index (κ3) is 3.67. The largest absolute Gasteiger partial charge is 0.387 e. The number of nitrogens with one attached hydrogen (secondary N) is 1. The van der Waals surface area contributed by atoms with Gasteiger partial charge in [-0.1, -0.05) is 27.4 Å². The Kier molecular flexibility index (Phi) is 4.82. The van der Waals surface area contributed by atoms with E-state index in [4.69, 9.17) is 0 Å². The van der Waals surface area contributed by atoms with Gasteiger partial charge in [0.25, 0.3) is 5.92 Å². The lowest BCUT2D eigenvalue weighted by Gasteiger charge is -2.24. The Hall–Kier alpha value is -1.23. The minimum atomic E-state index is -3.12. The van der Waals surface area contributed by atoms with Crippen molar-refractivity contribution in [2.45, 2.75) is 50.2 Å². The fourth-order valence-electron chi connectivity index (χ4n) is 3.32. The van der Waals surface area contributed by atoms with Crippen LogP contribution in [-0.4, -0.2) is 22.7 Å². The summed E-state index contributed by atoms with van der Waals surface area (Å²) in [5.41, 5.74) is 0.199. The number of pyridine rings is 1. The minimum Gasteiger partial charge on any atom is -0.387 e. The van der Waals surface area contributed by atoms with Gasteiger partial charge >= 0.3 is 0 Å². The van der Waals surface area contributed by atoms with Gasteiger partial charge in [0, 0.05) is 23.9 Å². The molecule has 7 heteroatoms. The van der Waals surface area contributed by atoms with Gasteiger partial charge in [0.2, 0.25) is 0 Å². The smallest absolute Gasteiger partial charge is 0.272 e. The van der Waals surface area contributed by atoms with Crippen LogP contribution in [0.2, 0.25) is 0 Å². The SMILES string of the molecule is CC(F)(F)c1cccc2c(C(O)C3CCCN3)cc(C(C)(F)P)nc12. The van der Waals surface area contributed by atoms with Gasteiger partial charge in [-0.3, -0.25) is 0 Å². The molecule has 25 heavy (non-hydrogen) atoms. The number of aliphatic hydroxyl groups excluding tert-OH is 1. The zero-order valence-electron chi connectivity index (χ0n) is 14.2. The number of rotatable bonds is 4. The van der Waals surface area contributed by atoms with E-state index < -0.39 is 17.4 Å². The quantitative estimate of drug-likeness (QED) is 0.795. The first-order valence-electron chi connectivity index (χ1n) is 8.30. The number of aromatic nitrogens is 1. The van der Waals surface area contributed by atoms with Crippen molar-refractivity contribution in [3.05, 3.63) is 41.1 Å². The monoisotopic (exact) mass is 370 g/mol. The molecule has 2 N–H and O–H groups in total. The molecule has 1 aliphatic heterocycles. The molecular weight excluding hydrogens is 348 g/mol. The van der Waals surface area contributed by atoms with Crippen molar-refractivity contribution in [3.8, 4) is 0 Å². The van der Waals surface area contributed by atoms with Crippen molar-refractivity contribution >= 4 is 20.1 Å². The molecule has 0 aliphatic carbocycles. The Labute approximate surface area is 147 Å². The third-order valence-corrected chi connectivity index (χ3v) is 4.94. The Morgan fingerprint density at radius 1 is 1.32 bits per heavy atom. The van der Waals surface area contributed by atoms with Crippen molar-refractivity contribution in [3.63, 3.8) is 0 Å². The maximum Gasteiger partial charge on any atom is 0.272 e. The second kappa shape index (κ2) is 6.49. The van der Waals surface area contributed by atoms with Crippen molar-refractivity contribution in [2.24, 2.45) is 0 Å². The summed E-state index contributed by atoms with van der Waals surface area (Å²) in [6, 6.07) is 5.76. The first kappa shape index (κ1) is 18.6. The van der Waals surface area contributed by atoms with Crippen molar-refractivity contribution in [1.82, 2.24) is 10.3 Å². The summed E-state index contributed by atoms with van der Waals surface area (Å²) in [5.74, 6) is -3.12. The van der Waals surface area contributed by atoms with E-state index in [-0.39, 0.29) is 22.8 Å². The van der Waals surface area contributed by atoms with Crippen LogP contribution in [0.5, 0.6) is 0 Å². The summed E-state index contributed by atoms with van der Waals surface area (Å²) in [7, 11) is 2.03. The van der Waals surface area contributed by atoms with Gasteiger partial charge in [-0.2, -0.15) is 0 Å². The van der Waals surface area contributed by atoms with E-state index >= 15 is 0 Å². The summed E-state index contributed by atoms with van der Waals surface area (Å²) in [6.45, 7) is 2.88. The number of fused-ring (bicyclic) bond motifs is 1. The molecule has 1 fully saturated rings. The van der Waals surface area contributed by atoms with E-state index in [1.807, 2.05) is 9.24 Å². The number of hydrogen-bond acceptors (Lipinski definition) is 3. The van der Waals surface area contributed by atoms with Crippen LogP contribution in [-0.2, 0) is 11.3 Å². The van der Waals surface area contributed by atoms with Crippen LogP contribution in [0.3, 0.4) is 0 Å². The number of alkyl halides is 3. The molecule has 1 aromatic heterocycles. The number of hydrogen-bond donors (Lipinski definition) is 2. The molecular formula is C18H22F3N2OP. The maximum atomic E-state index is 14.5. The Balaban J connectivity index is 2.27. The predicted octanol–water partition coefficient (Wildman–Crippen LogP) is 4.15. The standard InChI is InChI=1S/C18H22F3N2OP/c1-17(19,20)12-6-3-5-10-11(16(24)13-7-4-8-22-13)9-14(18(2,21)25)23-15(10)12/h3,5-6,9,13,16,22,24H,4,7-8,25H2,1-2H3. The fraction of sp³-hybridized carbons (Fsp3) is 0.500. The molecule has 1 aromatic carbocycles. The normalized spacial score (nSPS) is 22.1. The molecule has 1 aliphatic rings. The van der Waals surface area contributed by atoms with E-state index in [1.165, 1.54) is 25.1 Å². The highest BCUT2D eigenvalue weighted by Crippen LogP contribution is 2.40. The van der Waals surface area contributed by atoms with Crippen LogP contribution < -0.4 is 5.32 Å². The molecule has 2 heterocycles. The highest BCUT2D eigenvalue weighted by molar-refractivity contribution is 7.18. The Bertz CT molecular complexity index is 780. The number of benzene rings is 1. The fourth-order valence-corrected chi connectivity index (χ4v) is 3.47. The van der Waals surface area contributed by atoms with Crippen LogP contribution in [0.25, 0.3) is 10.9 Å². The van der Waals surface area contributed by atoms with E-state index in [2.05, 4.69) is 10.3 Å². The van der Waals surface area contributed by atoms with Crippen molar-refractivity contribution in [2.75, 3.05) is 6.54 Å². The van der Waals surface area contributed by atoms with Crippen molar-refractivity contribution < 1.29 is 18.3 Å². The molecule has 1 saturated heterocycles. The molecule has 136 valence electrons. The molecule has 0 bridgehead atoms. The average molecular weight is 370 g/mol. The highest BCUT2D eigenvalue weighted by atomic mass is 31.0. The third-order valence-electron chi connectivity index (χ3n) is 4.64. The van der Waals surface area contributed by atoms with Gasteiger partial charge in [0.05, 0.1) is 17.3 Å². The molecule has 4 atom stereocenters. The maximum absolute atomic E-state index is 14.5. The summed E-state index contributed by atoms with van der Waals surface area (Å²) >= 11 is 0.